The van der Waals surface area contributed by atoms with Crippen LogP contribution in [0.5, 0.6) is 0 Å². The molecule has 0 fully saturated rings. The van der Waals surface area contributed by atoms with Crippen molar-refractivity contribution < 1.29 is 14.0 Å². The second-order valence-corrected chi connectivity index (χ2v) is 8.65. The summed E-state index contributed by atoms with van der Waals surface area (Å²) in [4.78, 5) is 28.4. The van der Waals surface area contributed by atoms with Gasteiger partial charge in [0.25, 0.3) is 0 Å². The predicted molar refractivity (Wildman–Crippen MR) is 129 cm³/mol. The van der Waals surface area contributed by atoms with Gasteiger partial charge in [0.2, 0.25) is 11.8 Å². The van der Waals surface area contributed by atoms with Crippen molar-refractivity contribution in [2.24, 2.45) is 0 Å². The molecule has 1 N–H and O–H groups in total. The highest BCUT2D eigenvalue weighted by Gasteiger charge is 2.31. The van der Waals surface area contributed by atoms with Crippen LogP contribution in [0.15, 0.2) is 78.9 Å². The molecule has 0 radical (unpaired) electrons. The zero-order valence-electron chi connectivity index (χ0n) is 19.4. The van der Waals surface area contributed by atoms with Crippen LogP contribution in [0.4, 0.5) is 4.39 Å². The summed E-state index contributed by atoms with van der Waals surface area (Å²) in [5, 5.41) is 2.96. The summed E-state index contributed by atoms with van der Waals surface area (Å²) in [6, 6.07) is 23.0. The average Bonchev–Trinajstić information content (AvgIpc) is 2.78. The molecule has 0 saturated heterocycles. The maximum atomic E-state index is 14.3. The van der Waals surface area contributed by atoms with Crippen molar-refractivity contribution in [1.29, 1.82) is 0 Å². The molecule has 0 unspecified atom stereocenters. The molecular formula is C28H31FN2O2. The largest absolute Gasteiger partial charge is 0.352 e. The Labute approximate surface area is 195 Å². The number of hydrogen-bond acceptors (Lipinski definition) is 2. The number of carbonyl (C=O) groups is 2. The number of halogens is 1. The first-order chi connectivity index (χ1) is 15.8. The highest BCUT2D eigenvalue weighted by atomic mass is 19.1. The standard InChI is InChI=1S/C28H31FN2O2/c1-20(2)30-28(33)26(17-22-11-5-4-6-12-22)31(19-23-13-9-10-21(3)16-23)27(32)18-24-14-7-8-15-25(24)29/h4-16,20,26H,17-19H2,1-3H3,(H,30,33)/t26-/m1/s1. The van der Waals surface area contributed by atoms with Crippen LogP contribution in [0, 0.1) is 12.7 Å². The number of hydrogen-bond donors (Lipinski definition) is 1. The van der Waals surface area contributed by atoms with Gasteiger partial charge in [-0.05, 0) is 43.5 Å². The zero-order valence-corrected chi connectivity index (χ0v) is 19.4. The Bertz CT molecular complexity index is 1080. The SMILES string of the molecule is Cc1cccc(CN(C(=O)Cc2ccccc2F)[C@H](Cc2ccccc2)C(=O)NC(C)C)c1. The van der Waals surface area contributed by atoms with E-state index in [4.69, 9.17) is 0 Å². The second-order valence-electron chi connectivity index (χ2n) is 8.65. The molecule has 0 aliphatic heterocycles. The summed E-state index contributed by atoms with van der Waals surface area (Å²) in [7, 11) is 0. The Morgan fingerprint density at radius 2 is 1.58 bits per heavy atom. The van der Waals surface area contributed by atoms with E-state index in [0.29, 0.717) is 12.0 Å². The van der Waals surface area contributed by atoms with E-state index in [-0.39, 0.29) is 30.8 Å². The first-order valence-electron chi connectivity index (χ1n) is 11.3. The van der Waals surface area contributed by atoms with E-state index >= 15 is 0 Å². The Morgan fingerprint density at radius 1 is 0.909 bits per heavy atom. The van der Waals surface area contributed by atoms with E-state index in [1.807, 2.05) is 75.4 Å². The molecule has 3 aromatic carbocycles. The lowest BCUT2D eigenvalue weighted by molar-refractivity contribution is -0.141. The van der Waals surface area contributed by atoms with Gasteiger partial charge in [-0.3, -0.25) is 9.59 Å². The topological polar surface area (TPSA) is 49.4 Å². The molecule has 3 rings (SSSR count). The molecule has 3 aromatic rings. The van der Waals surface area contributed by atoms with Crippen molar-refractivity contribution in [1.82, 2.24) is 10.2 Å². The van der Waals surface area contributed by atoms with Gasteiger partial charge in [0, 0.05) is 19.0 Å². The minimum Gasteiger partial charge on any atom is -0.352 e. The van der Waals surface area contributed by atoms with Crippen LogP contribution >= 0.6 is 0 Å². The molecule has 0 saturated carbocycles. The smallest absolute Gasteiger partial charge is 0.243 e. The maximum absolute atomic E-state index is 14.3. The molecule has 5 heteroatoms. The molecule has 0 spiro atoms. The summed E-state index contributed by atoms with van der Waals surface area (Å²) in [5.74, 6) is -0.933. The molecule has 33 heavy (non-hydrogen) atoms. The van der Waals surface area contributed by atoms with Gasteiger partial charge in [-0.2, -0.15) is 0 Å². The normalized spacial score (nSPS) is 11.8. The molecule has 0 aromatic heterocycles. The van der Waals surface area contributed by atoms with Gasteiger partial charge in [0.15, 0.2) is 0 Å². The third-order valence-corrected chi connectivity index (χ3v) is 5.44. The number of benzene rings is 3. The van der Waals surface area contributed by atoms with Crippen molar-refractivity contribution in [3.63, 3.8) is 0 Å². The summed E-state index contributed by atoms with van der Waals surface area (Å²) in [6.45, 7) is 6.03. The molecule has 0 aliphatic carbocycles. The van der Waals surface area contributed by atoms with Crippen molar-refractivity contribution in [2.45, 2.75) is 52.2 Å². The van der Waals surface area contributed by atoms with Gasteiger partial charge in [0.05, 0.1) is 6.42 Å². The van der Waals surface area contributed by atoms with Crippen LogP contribution < -0.4 is 5.32 Å². The van der Waals surface area contributed by atoms with Crippen LogP contribution in [0.25, 0.3) is 0 Å². The highest BCUT2D eigenvalue weighted by molar-refractivity contribution is 5.89. The monoisotopic (exact) mass is 446 g/mol. The predicted octanol–water partition coefficient (Wildman–Crippen LogP) is 4.84. The number of rotatable bonds is 9. The lowest BCUT2D eigenvalue weighted by Crippen LogP contribution is -2.52. The maximum Gasteiger partial charge on any atom is 0.243 e. The van der Waals surface area contributed by atoms with Gasteiger partial charge < -0.3 is 10.2 Å². The van der Waals surface area contributed by atoms with Gasteiger partial charge in [-0.25, -0.2) is 4.39 Å². The van der Waals surface area contributed by atoms with Crippen molar-refractivity contribution in [2.75, 3.05) is 0 Å². The minimum absolute atomic E-state index is 0.0711. The van der Waals surface area contributed by atoms with E-state index in [0.717, 1.165) is 16.7 Å². The molecule has 0 bridgehead atoms. The van der Waals surface area contributed by atoms with Crippen molar-refractivity contribution >= 4 is 11.8 Å². The third kappa shape index (κ3) is 7.01. The number of nitrogens with one attached hydrogen (secondary N) is 1. The quantitative estimate of drug-likeness (QED) is 0.511. The van der Waals surface area contributed by atoms with Crippen LogP contribution in [-0.4, -0.2) is 28.8 Å². The highest BCUT2D eigenvalue weighted by Crippen LogP contribution is 2.18. The van der Waals surface area contributed by atoms with Gasteiger partial charge in [-0.15, -0.1) is 0 Å². The van der Waals surface area contributed by atoms with E-state index in [2.05, 4.69) is 5.32 Å². The molecule has 0 aliphatic rings. The summed E-state index contributed by atoms with van der Waals surface area (Å²) in [5.41, 5.74) is 3.27. The van der Waals surface area contributed by atoms with Crippen LogP contribution in [-0.2, 0) is 29.0 Å². The summed E-state index contributed by atoms with van der Waals surface area (Å²) >= 11 is 0. The Balaban J connectivity index is 1.98. The number of amides is 2. The molecule has 2 amide bonds. The molecule has 4 nitrogen and oxygen atoms in total. The lowest BCUT2D eigenvalue weighted by atomic mass is 10.0. The third-order valence-electron chi connectivity index (χ3n) is 5.44. The molecule has 1 atom stereocenters. The van der Waals surface area contributed by atoms with E-state index in [1.165, 1.54) is 6.07 Å². The van der Waals surface area contributed by atoms with Crippen LogP contribution in [0.3, 0.4) is 0 Å². The fourth-order valence-corrected chi connectivity index (χ4v) is 3.85. The Kier molecular flexibility index (Phi) is 8.36. The van der Waals surface area contributed by atoms with Crippen LogP contribution in [0.1, 0.15) is 36.1 Å². The minimum atomic E-state index is -0.727. The molecule has 172 valence electrons. The average molecular weight is 447 g/mol. The fraction of sp³-hybridized carbons (Fsp3) is 0.286. The van der Waals surface area contributed by atoms with Gasteiger partial charge in [0.1, 0.15) is 11.9 Å². The van der Waals surface area contributed by atoms with Crippen LogP contribution in [0.2, 0.25) is 0 Å². The first kappa shape index (κ1) is 24.2. The zero-order chi connectivity index (χ0) is 23.8. The summed E-state index contributed by atoms with van der Waals surface area (Å²) in [6.07, 6.45) is 0.257. The fourth-order valence-electron chi connectivity index (χ4n) is 3.85. The van der Waals surface area contributed by atoms with Gasteiger partial charge >= 0.3 is 0 Å². The first-order valence-corrected chi connectivity index (χ1v) is 11.3. The van der Waals surface area contributed by atoms with E-state index < -0.39 is 11.9 Å². The van der Waals surface area contributed by atoms with E-state index in [9.17, 15) is 14.0 Å². The number of aryl methyl sites for hydroxylation is 1. The van der Waals surface area contributed by atoms with E-state index in [1.54, 1.807) is 23.1 Å². The van der Waals surface area contributed by atoms with Crippen molar-refractivity contribution in [3.05, 3.63) is 107 Å². The van der Waals surface area contributed by atoms with Crippen molar-refractivity contribution in [3.8, 4) is 0 Å². The molecular weight excluding hydrogens is 415 g/mol. The van der Waals surface area contributed by atoms with Gasteiger partial charge in [-0.1, -0.05) is 78.4 Å². The Morgan fingerprint density at radius 3 is 2.24 bits per heavy atom. The summed E-state index contributed by atoms with van der Waals surface area (Å²) < 4.78 is 14.3. The molecule has 0 heterocycles. The number of nitrogens with zero attached hydrogens (tertiary/aromatic N) is 1. The Hall–Kier alpha value is -3.47. The number of carbonyl (C=O) groups excluding carboxylic acids is 2. The lowest BCUT2D eigenvalue weighted by Gasteiger charge is -2.32. The second kappa shape index (κ2) is 11.4.